The van der Waals surface area contributed by atoms with Crippen LogP contribution in [0.1, 0.15) is 80.1 Å². The van der Waals surface area contributed by atoms with Crippen molar-refractivity contribution in [3.05, 3.63) is 60.7 Å². The summed E-state index contributed by atoms with van der Waals surface area (Å²) < 4.78 is 9.67. The van der Waals surface area contributed by atoms with E-state index in [-0.39, 0.29) is 23.6 Å². The molecule has 2 aliphatic heterocycles. The Kier molecular flexibility index (Phi) is 19.8. The van der Waals surface area contributed by atoms with Gasteiger partial charge in [0.15, 0.2) is 0 Å². The Labute approximate surface area is 263 Å². The van der Waals surface area contributed by atoms with Crippen LogP contribution < -0.4 is 20.9 Å². The van der Waals surface area contributed by atoms with Crippen LogP contribution in [0.4, 0.5) is 11.4 Å². The minimum atomic E-state index is -0.518. The molecule has 244 valence electrons. The van der Waals surface area contributed by atoms with Gasteiger partial charge in [-0.25, -0.2) is 10.0 Å². The topological polar surface area (TPSA) is 117 Å². The van der Waals surface area contributed by atoms with E-state index in [0.717, 1.165) is 52.1 Å². The largest absolute Gasteiger partial charge is 0.382 e. The van der Waals surface area contributed by atoms with Gasteiger partial charge in [0.05, 0.1) is 11.4 Å². The van der Waals surface area contributed by atoms with Crippen LogP contribution >= 0.6 is 0 Å². The van der Waals surface area contributed by atoms with Crippen LogP contribution in [-0.2, 0) is 28.7 Å². The minimum absolute atomic E-state index is 0.144. The SMILES string of the molecule is CCCCC1C(=O)NN(c2ccccc2)C1=O.CCCCC1C(=O)NN(c2ccccc2)C1=O.CCOCC.CCOCC. The van der Waals surface area contributed by atoms with Crippen LogP contribution in [0.25, 0.3) is 0 Å². The first-order chi connectivity index (χ1) is 21.3. The number of rotatable bonds is 12. The summed E-state index contributed by atoms with van der Waals surface area (Å²) in [6, 6.07) is 18.3. The Morgan fingerprint density at radius 1 is 0.545 bits per heavy atom. The van der Waals surface area contributed by atoms with Gasteiger partial charge in [0.2, 0.25) is 0 Å². The quantitative estimate of drug-likeness (QED) is 0.292. The number of hydrogen-bond donors (Lipinski definition) is 2. The maximum absolute atomic E-state index is 12.1. The zero-order valence-corrected chi connectivity index (χ0v) is 27.3. The summed E-state index contributed by atoms with van der Waals surface area (Å²) in [6.45, 7) is 15.4. The summed E-state index contributed by atoms with van der Waals surface area (Å²) in [5.74, 6) is -1.70. The fraction of sp³-hybridized carbons (Fsp3) is 0.529. The molecule has 0 aliphatic carbocycles. The highest BCUT2D eigenvalue weighted by atomic mass is 16.5. The summed E-state index contributed by atoms with van der Waals surface area (Å²) >= 11 is 0. The lowest BCUT2D eigenvalue weighted by Crippen LogP contribution is -2.35. The normalized spacial score (nSPS) is 17.0. The van der Waals surface area contributed by atoms with E-state index in [2.05, 4.69) is 10.9 Å². The molecule has 2 fully saturated rings. The number of hydrogen-bond acceptors (Lipinski definition) is 6. The van der Waals surface area contributed by atoms with Crippen LogP contribution in [0, 0.1) is 11.8 Å². The zero-order valence-electron chi connectivity index (χ0n) is 27.3. The van der Waals surface area contributed by atoms with Crippen molar-refractivity contribution in [1.29, 1.82) is 0 Å². The monoisotopic (exact) mass is 612 g/mol. The number of nitrogens with one attached hydrogen (secondary N) is 2. The molecule has 2 aromatic carbocycles. The number of para-hydroxylation sites is 2. The van der Waals surface area contributed by atoms with Gasteiger partial charge in [-0.15, -0.1) is 0 Å². The van der Waals surface area contributed by atoms with Crippen molar-refractivity contribution in [1.82, 2.24) is 10.9 Å². The third kappa shape index (κ3) is 12.9. The molecular weight excluding hydrogens is 560 g/mol. The number of nitrogens with zero attached hydrogens (tertiary/aromatic N) is 2. The van der Waals surface area contributed by atoms with E-state index >= 15 is 0 Å². The van der Waals surface area contributed by atoms with Crippen molar-refractivity contribution in [2.45, 2.75) is 80.1 Å². The number of ether oxygens (including phenoxy) is 2. The van der Waals surface area contributed by atoms with Crippen molar-refractivity contribution < 1.29 is 28.7 Å². The van der Waals surface area contributed by atoms with Gasteiger partial charge in [-0.3, -0.25) is 30.0 Å². The second-order valence-corrected chi connectivity index (χ2v) is 9.92. The van der Waals surface area contributed by atoms with Crippen molar-refractivity contribution >= 4 is 35.0 Å². The molecule has 2 N–H and O–H groups in total. The van der Waals surface area contributed by atoms with E-state index in [0.29, 0.717) is 24.2 Å². The Morgan fingerprint density at radius 3 is 1.11 bits per heavy atom. The van der Waals surface area contributed by atoms with Gasteiger partial charge in [-0.1, -0.05) is 75.9 Å². The highest BCUT2D eigenvalue weighted by Crippen LogP contribution is 2.24. The molecule has 0 saturated carbocycles. The van der Waals surface area contributed by atoms with E-state index in [4.69, 9.17) is 9.47 Å². The predicted molar refractivity (Wildman–Crippen MR) is 175 cm³/mol. The maximum atomic E-state index is 12.1. The van der Waals surface area contributed by atoms with Gasteiger partial charge in [0.1, 0.15) is 11.8 Å². The zero-order chi connectivity index (χ0) is 32.7. The number of anilines is 2. The van der Waals surface area contributed by atoms with Crippen molar-refractivity contribution in [3.63, 3.8) is 0 Å². The van der Waals surface area contributed by atoms with E-state index in [1.807, 2.05) is 77.9 Å². The average Bonchev–Trinajstić information content (AvgIpc) is 3.50. The number of amides is 4. The third-order valence-electron chi connectivity index (χ3n) is 6.65. The second-order valence-electron chi connectivity index (χ2n) is 9.92. The fourth-order valence-electron chi connectivity index (χ4n) is 4.29. The minimum Gasteiger partial charge on any atom is -0.382 e. The summed E-state index contributed by atoms with van der Waals surface area (Å²) in [5.41, 5.74) is 6.67. The van der Waals surface area contributed by atoms with Gasteiger partial charge in [0, 0.05) is 26.4 Å². The Balaban J connectivity index is 0.000000338. The van der Waals surface area contributed by atoms with Crippen LogP contribution in [0.3, 0.4) is 0 Å². The maximum Gasteiger partial charge on any atom is 0.258 e. The van der Waals surface area contributed by atoms with Crippen LogP contribution in [-0.4, -0.2) is 50.1 Å². The first-order valence-electron chi connectivity index (χ1n) is 15.8. The molecule has 2 aliphatic rings. The molecule has 10 heteroatoms. The molecule has 4 rings (SSSR count). The number of carbonyl (C=O) groups excluding carboxylic acids is 4. The average molecular weight is 613 g/mol. The molecule has 2 aromatic rings. The van der Waals surface area contributed by atoms with Gasteiger partial charge >= 0.3 is 0 Å². The van der Waals surface area contributed by atoms with E-state index in [1.165, 1.54) is 10.0 Å². The molecule has 44 heavy (non-hydrogen) atoms. The van der Waals surface area contributed by atoms with Crippen LogP contribution in [0.2, 0.25) is 0 Å². The molecule has 10 nitrogen and oxygen atoms in total. The summed E-state index contributed by atoms with van der Waals surface area (Å²) in [4.78, 5) is 47.5. The van der Waals surface area contributed by atoms with E-state index < -0.39 is 11.8 Å². The molecule has 2 atom stereocenters. The van der Waals surface area contributed by atoms with Crippen LogP contribution in [0.15, 0.2) is 60.7 Å². The van der Waals surface area contributed by atoms with Crippen molar-refractivity contribution in [3.8, 4) is 0 Å². The van der Waals surface area contributed by atoms with E-state index in [1.54, 1.807) is 24.3 Å². The fourth-order valence-corrected chi connectivity index (χ4v) is 4.29. The Hall–Kier alpha value is -3.76. The first kappa shape index (κ1) is 38.3. The number of carbonyl (C=O) groups is 4. The summed E-state index contributed by atoms with van der Waals surface area (Å²) in [7, 11) is 0. The smallest absolute Gasteiger partial charge is 0.258 e. The standard InChI is InChI=1S/2C13H16N2O2.2C4H10O/c2*1-2-3-9-11-12(16)14-15(13(11)17)10-7-5-4-6-8-10;2*1-3-5-4-2/h2*4-8,11H,2-3,9H2,1H3,(H,14,16);2*3-4H2,1-2H3. The molecule has 0 spiro atoms. The molecule has 0 radical (unpaired) electrons. The molecule has 2 unspecified atom stereocenters. The van der Waals surface area contributed by atoms with Crippen LogP contribution in [0.5, 0.6) is 0 Å². The van der Waals surface area contributed by atoms with Gasteiger partial charge in [-0.05, 0) is 64.8 Å². The Bertz CT molecular complexity index is 1010. The second kappa shape index (κ2) is 22.7. The summed E-state index contributed by atoms with van der Waals surface area (Å²) in [5, 5.41) is 2.70. The highest BCUT2D eigenvalue weighted by Gasteiger charge is 2.40. The first-order valence-corrected chi connectivity index (χ1v) is 15.8. The van der Waals surface area contributed by atoms with Crippen molar-refractivity contribution in [2.24, 2.45) is 11.8 Å². The molecule has 4 amide bonds. The molecule has 0 bridgehead atoms. The van der Waals surface area contributed by atoms with Gasteiger partial charge < -0.3 is 9.47 Å². The molecule has 2 heterocycles. The predicted octanol–water partition coefficient (Wildman–Crippen LogP) is 5.83. The lowest BCUT2D eigenvalue weighted by Gasteiger charge is -2.14. The molecule has 0 aromatic heterocycles. The third-order valence-corrected chi connectivity index (χ3v) is 6.65. The number of unbranched alkanes of at least 4 members (excludes halogenated alkanes) is 2. The Morgan fingerprint density at radius 2 is 0.864 bits per heavy atom. The van der Waals surface area contributed by atoms with E-state index in [9.17, 15) is 19.2 Å². The number of benzene rings is 2. The van der Waals surface area contributed by atoms with Crippen molar-refractivity contribution in [2.75, 3.05) is 36.4 Å². The lowest BCUT2D eigenvalue weighted by atomic mass is 10.0. The van der Waals surface area contributed by atoms with Gasteiger partial charge in [-0.2, -0.15) is 0 Å². The molecule has 2 saturated heterocycles. The summed E-state index contributed by atoms with van der Waals surface area (Å²) in [6.07, 6.45) is 5.03. The van der Waals surface area contributed by atoms with Gasteiger partial charge in [0.25, 0.3) is 23.6 Å². The molecular formula is C34H52N4O6. The number of hydrazine groups is 2. The highest BCUT2D eigenvalue weighted by molar-refractivity contribution is 6.15. The lowest BCUT2D eigenvalue weighted by molar-refractivity contribution is -0.129.